The number of ether oxygens (including phenoxy) is 4. The van der Waals surface area contributed by atoms with E-state index in [1.807, 2.05) is 6.92 Å². The van der Waals surface area contributed by atoms with Crippen molar-refractivity contribution >= 4 is 0 Å². The fourth-order valence-corrected chi connectivity index (χ4v) is 1.18. The fourth-order valence-electron chi connectivity index (χ4n) is 1.18. The molecule has 0 atom stereocenters. The lowest BCUT2D eigenvalue weighted by atomic mass is 10.4. The van der Waals surface area contributed by atoms with Crippen LogP contribution < -0.4 is 5.32 Å². The van der Waals surface area contributed by atoms with Crippen molar-refractivity contribution in [3.8, 4) is 0 Å². The monoisotopic (exact) mass is 249 g/mol. The highest BCUT2D eigenvalue weighted by atomic mass is 16.5. The van der Waals surface area contributed by atoms with Gasteiger partial charge in [0.1, 0.15) is 0 Å². The number of nitrogens with one attached hydrogen (secondary N) is 1. The third-order valence-electron chi connectivity index (χ3n) is 2.07. The minimum absolute atomic E-state index is 0.633. The maximum Gasteiger partial charge on any atom is 0.0701 e. The van der Waals surface area contributed by atoms with Crippen LogP contribution in [0, 0.1) is 0 Å². The molecule has 0 aliphatic carbocycles. The second kappa shape index (κ2) is 15.8. The van der Waals surface area contributed by atoms with Crippen LogP contribution in [0.15, 0.2) is 0 Å². The Morgan fingerprint density at radius 1 is 0.765 bits per heavy atom. The molecular weight excluding hydrogens is 222 g/mol. The molecule has 0 heterocycles. The Morgan fingerprint density at radius 2 is 1.47 bits per heavy atom. The summed E-state index contributed by atoms with van der Waals surface area (Å²) < 4.78 is 20.7. The predicted molar refractivity (Wildman–Crippen MR) is 67.5 cm³/mol. The van der Waals surface area contributed by atoms with Gasteiger partial charge in [-0.25, -0.2) is 0 Å². The van der Waals surface area contributed by atoms with Crippen LogP contribution in [-0.4, -0.2) is 66.4 Å². The summed E-state index contributed by atoms with van der Waals surface area (Å²) >= 11 is 0. The third-order valence-corrected chi connectivity index (χ3v) is 2.07. The third kappa shape index (κ3) is 15.8. The van der Waals surface area contributed by atoms with Crippen molar-refractivity contribution in [1.82, 2.24) is 5.32 Å². The minimum Gasteiger partial charge on any atom is -0.382 e. The molecule has 17 heavy (non-hydrogen) atoms. The zero-order valence-electron chi connectivity index (χ0n) is 11.2. The zero-order chi connectivity index (χ0) is 12.6. The molecule has 0 aliphatic heterocycles. The predicted octanol–water partition coefficient (Wildman–Crippen LogP) is 0.682. The van der Waals surface area contributed by atoms with Gasteiger partial charge < -0.3 is 24.3 Å². The standard InChI is InChI=1S/C12H27NO4/c1-3-15-7-4-5-13-6-8-16-11-12-17-10-9-14-2/h13H,3-12H2,1-2H3. The highest BCUT2D eigenvalue weighted by Crippen LogP contribution is 1.81. The fraction of sp³-hybridized carbons (Fsp3) is 1.00. The maximum atomic E-state index is 5.38. The summed E-state index contributed by atoms with van der Waals surface area (Å²) in [5.41, 5.74) is 0. The van der Waals surface area contributed by atoms with Gasteiger partial charge >= 0.3 is 0 Å². The van der Waals surface area contributed by atoms with Crippen molar-refractivity contribution in [2.75, 3.05) is 66.4 Å². The van der Waals surface area contributed by atoms with E-state index in [9.17, 15) is 0 Å². The van der Waals surface area contributed by atoms with Crippen LogP contribution in [0.2, 0.25) is 0 Å². The molecule has 0 unspecified atom stereocenters. The molecule has 104 valence electrons. The summed E-state index contributed by atoms with van der Waals surface area (Å²) in [6.45, 7) is 8.77. The molecular formula is C12H27NO4. The first-order chi connectivity index (χ1) is 8.41. The van der Waals surface area contributed by atoms with E-state index < -0.39 is 0 Å². The largest absolute Gasteiger partial charge is 0.382 e. The average molecular weight is 249 g/mol. The lowest BCUT2D eigenvalue weighted by Gasteiger charge is -2.07. The average Bonchev–Trinajstić information content (AvgIpc) is 2.35. The van der Waals surface area contributed by atoms with E-state index in [4.69, 9.17) is 18.9 Å². The Morgan fingerprint density at radius 3 is 2.18 bits per heavy atom. The molecule has 0 fully saturated rings. The van der Waals surface area contributed by atoms with E-state index in [0.717, 1.165) is 39.3 Å². The van der Waals surface area contributed by atoms with Gasteiger partial charge in [-0.05, 0) is 19.9 Å². The summed E-state index contributed by atoms with van der Waals surface area (Å²) in [6, 6.07) is 0. The van der Waals surface area contributed by atoms with Gasteiger partial charge in [-0.1, -0.05) is 0 Å². The lowest BCUT2D eigenvalue weighted by molar-refractivity contribution is 0.0255. The van der Waals surface area contributed by atoms with Gasteiger partial charge in [0.2, 0.25) is 0 Å². The second-order valence-corrected chi connectivity index (χ2v) is 3.52. The molecule has 0 bridgehead atoms. The Hall–Kier alpha value is -0.200. The summed E-state index contributed by atoms with van der Waals surface area (Å²) in [7, 11) is 1.66. The minimum atomic E-state index is 0.633. The first-order valence-corrected chi connectivity index (χ1v) is 6.34. The van der Waals surface area contributed by atoms with Crippen molar-refractivity contribution < 1.29 is 18.9 Å². The van der Waals surface area contributed by atoms with Crippen LogP contribution >= 0.6 is 0 Å². The highest BCUT2D eigenvalue weighted by molar-refractivity contribution is 4.46. The van der Waals surface area contributed by atoms with Crippen LogP contribution in [0.5, 0.6) is 0 Å². The molecule has 1 N–H and O–H groups in total. The van der Waals surface area contributed by atoms with Crippen molar-refractivity contribution in [3.05, 3.63) is 0 Å². The van der Waals surface area contributed by atoms with Gasteiger partial charge in [0.05, 0.1) is 33.0 Å². The molecule has 0 aromatic rings. The Labute approximate surface area is 105 Å². The molecule has 0 aromatic heterocycles. The normalized spacial score (nSPS) is 10.9. The van der Waals surface area contributed by atoms with Gasteiger partial charge in [-0.3, -0.25) is 0 Å². The van der Waals surface area contributed by atoms with Crippen molar-refractivity contribution in [1.29, 1.82) is 0 Å². The zero-order valence-corrected chi connectivity index (χ0v) is 11.2. The van der Waals surface area contributed by atoms with Gasteiger partial charge in [0, 0.05) is 26.9 Å². The van der Waals surface area contributed by atoms with E-state index in [2.05, 4.69) is 5.32 Å². The van der Waals surface area contributed by atoms with Crippen molar-refractivity contribution in [3.63, 3.8) is 0 Å². The molecule has 0 spiro atoms. The van der Waals surface area contributed by atoms with Gasteiger partial charge in [0.25, 0.3) is 0 Å². The topological polar surface area (TPSA) is 49.0 Å². The van der Waals surface area contributed by atoms with Crippen LogP contribution in [0.3, 0.4) is 0 Å². The molecule has 0 saturated carbocycles. The van der Waals surface area contributed by atoms with Crippen LogP contribution in [-0.2, 0) is 18.9 Å². The molecule has 0 saturated heterocycles. The van der Waals surface area contributed by atoms with Crippen molar-refractivity contribution in [2.24, 2.45) is 0 Å². The van der Waals surface area contributed by atoms with Gasteiger partial charge in [-0.15, -0.1) is 0 Å². The van der Waals surface area contributed by atoms with Gasteiger partial charge in [0.15, 0.2) is 0 Å². The summed E-state index contributed by atoms with van der Waals surface area (Å²) in [5, 5.41) is 3.29. The number of hydrogen-bond acceptors (Lipinski definition) is 5. The number of hydrogen-bond donors (Lipinski definition) is 1. The molecule has 0 rings (SSSR count). The van der Waals surface area contributed by atoms with E-state index in [1.165, 1.54) is 0 Å². The Kier molecular flexibility index (Phi) is 15.6. The molecule has 0 aromatic carbocycles. The first kappa shape index (κ1) is 16.8. The number of methoxy groups -OCH3 is 1. The quantitative estimate of drug-likeness (QED) is 0.459. The number of rotatable bonds is 14. The highest BCUT2D eigenvalue weighted by Gasteiger charge is 1.91. The van der Waals surface area contributed by atoms with Gasteiger partial charge in [-0.2, -0.15) is 0 Å². The molecule has 0 aliphatic rings. The second-order valence-electron chi connectivity index (χ2n) is 3.52. The van der Waals surface area contributed by atoms with E-state index in [1.54, 1.807) is 7.11 Å². The summed E-state index contributed by atoms with van der Waals surface area (Å²) in [6.07, 6.45) is 1.05. The van der Waals surface area contributed by atoms with E-state index in [0.29, 0.717) is 26.4 Å². The first-order valence-electron chi connectivity index (χ1n) is 6.34. The van der Waals surface area contributed by atoms with Crippen LogP contribution in [0.25, 0.3) is 0 Å². The van der Waals surface area contributed by atoms with Crippen LogP contribution in [0.4, 0.5) is 0 Å². The molecule has 5 nitrogen and oxygen atoms in total. The molecule has 0 radical (unpaired) electrons. The Bertz CT molecular complexity index is 122. The maximum absolute atomic E-state index is 5.38. The summed E-state index contributed by atoms with van der Waals surface area (Å²) in [5.74, 6) is 0. The van der Waals surface area contributed by atoms with E-state index in [-0.39, 0.29) is 0 Å². The molecule has 0 amide bonds. The smallest absolute Gasteiger partial charge is 0.0701 e. The van der Waals surface area contributed by atoms with Crippen LogP contribution in [0.1, 0.15) is 13.3 Å². The Balaban J connectivity index is 2.85. The lowest BCUT2D eigenvalue weighted by Crippen LogP contribution is -2.22. The summed E-state index contributed by atoms with van der Waals surface area (Å²) in [4.78, 5) is 0. The van der Waals surface area contributed by atoms with Crippen molar-refractivity contribution in [2.45, 2.75) is 13.3 Å². The SMILES string of the molecule is CCOCCCNCCOCCOCCOC. The molecule has 5 heteroatoms. The van der Waals surface area contributed by atoms with E-state index >= 15 is 0 Å².